The summed E-state index contributed by atoms with van der Waals surface area (Å²) in [6.45, 7) is 2.88. The van der Waals surface area contributed by atoms with E-state index in [9.17, 15) is 27.2 Å². The van der Waals surface area contributed by atoms with Crippen LogP contribution in [0.3, 0.4) is 0 Å². The normalized spacial score (nSPS) is 14.9. The monoisotopic (exact) mass is 636 g/mol. The summed E-state index contributed by atoms with van der Waals surface area (Å²) in [5.74, 6) is -1.30. The first-order valence-corrected chi connectivity index (χ1v) is 14.1. The van der Waals surface area contributed by atoms with Crippen molar-refractivity contribution < 1.29 is 36.6 Å². The van der Waals surface area contributed by atoms with E-state index in [1.165, 1.54) is 49.6 Å². The first-order valence-electron chi connectivity index (χ1n) is 13.8. The number of rotatable bonds is 11. The Morgan fingerprint density at radius 2 is 1.75 bits per heavy atom. The highest BCUT2D eigenvalue weighted by molar-refractivity contribution is 6.31. The van der Waals surface area contributed by atoms with E-state index in [0.29, 0.717) is 5.75 Å². The molecule has 1 saturated carbocycles. The minimum Gasteiger partial charge on any atom is -0.493 e. The topological polar surface area (TPSA) is 116 Å². The van der Waals surface area contributed by atoms with Crippen LogP contribution in [-0.4, -0.2) is 49.3 Å². The summed E-state index contributed by atoms with van der Waals surface area (Å²) in [5.41, 5.74) is 1.74. The SMILES string of the molecule is COc1cc(C(=O)NCC(C)(c2cc(C(C)(C)NC(=O)CN)cc(-c3ccc(F)c(Cl)c3)n2)C(F)(F)F)ccc1OC1CC1. The molecule has 4 rings (SSSR count). The molecule has 0 spiro atoms. The van der Waals surface area contributed by atoms with Crippen LogP contribution in [-0.2, 0) is 15.7 Å². The average Bonchev–Trinajstić information content (AvgIpc) is 3.80. The van der Waals surface area contributed by atoms with Gasteiger partial charge in [0.25, 0.3) is 5.91 Å². The van der Waals surface area contributed by atoms with Gasteiger partial charge < -0.3 is 25.8 Å². The third-order valence-corrected chi connectivity index (χ3v) is 7.73. The number of nitrogens with one attached hydrogen (secondary N) is 2. The number of aromatic nitrogens is 1. The molecule has 0 radical (unpaired) electrons. The van der Waals surface area contributed by atoms with E-state index in [2.05, 4.69) is 15.6 Å². The molecule has 3 aromatic rings. The predicted octanol–water partition coefficient (Wildman–Crippen LogP) is 5.65. The van der Waals surface area contributed by atoms with E-state index in [1.807, 2.05) is 0 Å². The molecule has 2 amide bonds. The largest absolute Gasteiger partial charge is 0.493 e. The van der Waals surface area contributed by atoms with E-state index >= 15 is 0 Å². The summed E-state index contributed by atoms with van der Waals surface area (Å²) in [7, 11) is 1.40. The van der Waals surface area contributed by atoms with Crippen molar-refractivity contribution in [2.24, 2.45) is 5.73 Å². The molecule has 1 heterocycles. The van der Waals surface area contributed by atoms with Gasteiger partial charge in [0.05, 0.1) is 41.7 Å². The van der Waals surface area contributed by atoms with Crippen LogP contribution >= 0.6 is 11.6 Å². The molecule has 44 heavy (non-hydrogen) atoms. The van der Waals surface area contributed by atoms with Crippen molar-refractivity contribution in [3.05, 3.63) is 76.2 Å². The second kappa shape index (κ2) is 12.6. The third-order valence-electron chi connectivity index (χ3n) is 7.44. The molecule has 236 valence electrons. The lowest BCUT2D eigenvalue weighted by atomic mass is 9.82. The smallest absolute Gasteiger partial charge is 0.401 e. The molecule has 1 aromatic heterocycles. The molecule has 1 atom stereocenters. The van der Waals surface area contributed by atoms with Crippen LogP contribution in [0.5, 0.6) is 11.5 Å². The van der Waals surface area contributed by atoms with Crippen LogP contribution in [0.2, 0.25) is 5.02 Å². The lowest BCUT2D eigenvalue weighted by Crippen LogP contribution is -2.50. The fourth-order valence-electron chi connectivity index (χ4n) is 4.42. The Balaban J connectivity index is 1.74. The van der Waals surface area contributed by atoms with Crippen LogP contribution in [0, 0.1) is 5.82 Å². The number of ether oxygens (including phenoxy) is 2. The Morgan fingerprint density at radius 1 is 1.05 bits per heavy atom. The van der Waals surface area contributed by atoms with Gasteiger partial charge >= 0.3 is 6.18 Å². The van der Waals surface area contributed by atoms with Gasteiger partial charge in [-0.2, -0.15) is 13.2 Å². The highest BCUT2D eigenvalue weighted by Crippen LogP contribution is 2.42. The Kier molecular flexibility index (Phi) is 9.46. The van der Waals surface area contributed by atoms with Gasteiger partial charge in [-0.05, 0) is 87.7 Å². The van der Waals surface area contributed by atoms with Gasteiger partial charge in [0, 0.05) is 17.7 Å². The molecule has 1 unspecified atom stereocenters. The van der Waals surface area contributed by atoms with Crippen molar-refractivity contribution in [1.82, 2.24) is 15.6 Å². The maximum Gasteiger partial charge on any atom is 0.401 e. The number of halogens is 5. The number of methoxy groups -OCH3 is 1. The molecule has 1 fully saturated rings. The van der Waals surface area contributed by atoms with Gasteiger partial charge in [-0.3, -0.25) is 14.6 Å². The molecule has 0 bridgehead atoms. The van der Waals surface area contributed by atoms with Crippen molar-refractivity contribution in [3.63, 3.8) is 0 Å². The van der Waals surface area contributed by atoms with Crippen LogP contribution < -0.4 is 25.8 Å². The second-order valence-corrected chi connectivity index (χ2v) is 11.7. The Morgan fingerprint density at radius 3 is 2.34 bits per heavy atom. The number of alkyl halides is 3. The van der Waals surface area contributed by atoms with Crippen molar-refractivity contribution in [2.45, 2.75) is 56.8 Å². The predicted molar refractivity (Wildman–Crippen MR) is 157 cm³/mol. The van der Waals surface area contributed by atoms with Crippen LogP contribution in [0.25, 0.3) is 11.3 Å². The zero-order valence-corrected chi connectivity index (χ0v) is 25.3. The molecule has 13 heteroatoms. The van der Waals surface area contributed by atoms with Gasteiger partial charge in [0.2, 0.25) is 5.91 Å². The van der Waals surface area contributed by atoms with E-state index in [0.717, 1.165) is 25.8 Å². The Hall–Kier alpha value is -3.90. The van der Waals surface area contributed by atoms with Crippen LogP contribution in [0.1, 0.15) is 55.2 Å². The summed E-state index contributed by atoms with van der Waals surface area (Å²) < 4.78 is 69.7. The maximum atomic E-state index is 14.9. The van der Waals surface area contributed by atoms with Gasteiger partial charge in [0.1, 0.15) is 11.2 Å². The van der Waals surface area contributed by atoms with Gasteiger partial charge in [0.15, 0.2) is 11.5 Å². The average molecular weight is 637 g/mol. The minimum absolute atomic E-state index is 0.0484. The van der Waals surface area contributed by atoms with E-state index < -0.39 is 47.0 Å². The molecule has 1 aliphatic carbocycles. The summed E-state index contributed by atoms with van der Waals surface area (Å²) >= 11 is 5.97. The molecule has 2 aromatic carbocycles. The Bertz CT molecular complexity index is 1560. The molecule has 1 aliphatic rings. The van der Waals surface area contributed by atoms with Crippen LogP contribution in [0.15, 0.2) is 48.5 Å². The first-order chi connectivity index (χ1) is 20.6. The zero-order chi connectivity index (χ0) is 32.4. The minimum atomic E-state index is -4.89. The lowest BCUT2D eigenvalue weighted by molar-refractivity contribution is -0.184. The van der Waals surface area contributed by atoms with Crippen molar-refractivity contribution >= 4 is 23.4 Å². The highest BCUT2D eigenvalue weighted by atomic mass is 35.5. The lowest BCUT2D eigenvalue weighted by Gasteiger charge is -2.34. The molecule has 0 aliphatic heterocycles. The first kappa shape index (κ1) is 33.0. The molecular weight excluding hydrogens is 604 g/mol. The molecule has 0 saturated heterocycles. The fraction of sp³-hybridized carbons (Fsp3) is 0.387. The number of nitrogens with two attached hydrogens (primary N) is 1. The number of benzene rings is 2. The second-order valence-electron chi connectivity index (χ2n) is 11.3. The number of nitrogens with zero attached hydrogens (tertiary/aromatic N) is 1. The van der Waals surface area contributed by atoms with Gasteiger partial charge in [-0.25, -0.2) is 4.39 Å². The summed E-state index contributed by atoms with van der Waals surface area (Å²) in [5, 5.41) is 4.83. The number of pyridine rings is 1. The van der Waals surface area contributed by atoms with E-state index in [1.54, 1.807) is 13.8 Å². The zero-order valence-electron chi connectivity index (χ0n) is 24.6. The highest BCUT2D eigenvalue weighted by Gasteiger charge is 2.54. The van der Waals surface area contributed by atoms with Crippen molar-refractivity contribution in [2.75, 3.05) is 20.2 Å². The van der Waals surface area contributed by atoms with Gasteiger partial charge in [-0.15, -0.1) is 0 Å². The van der Waals surface area contributed by atoms with Crippen molar-refractivity contribution in [1.29, 1.82) is 0 Å². The third kappa shape index (κ3) is 7.24. The Labute approximate surface area is 257 Å². The number of carbonyl (C=O) groups is 2. The number of amides is 2. The summed E-state index contributed by atoms with van der Waals surface area (Å²) in [6, 6.07) is 10.7. The van der Waals surface area contributed by atoms with Crippen molar-refractivity contribution in [3.8, 4) is 22.8 Å². The number of carbonyl (C=O) groups excluding carboxylic acids is 2. The standard InChI is InChI=1S/C31H33ClF4N4O4/c1-29(2,40-27(41)15-37)19-13-23(17-5-9-22(33)21(32)11-17)39-26(14-19)30(3,31(34,35)36)16-38-28(42)18-6-10-24(25(12-18)43-4)44-20-7-8-20/h5-6,9-14,20H,7-8,15-16,37H2,1-4H3,(H,38,42)(H,40,41). The molecular formula is C31H33ClF4N4O4. The van der Waals surface area contributed by atoms with Gasteiger partial charge in [-0.1, -0.05) is 11.6 Å². The summed E-state index contributed by atoms with van der Waals surface area (Å²) in [6.07, 6.45) is -3.01. The van der Waals surface area contributed by atoms with E-state index in [4.69, 9.17) is 26.8 Å². The number of hydrogen-bond donors (Lipinski definition) is 3. The molecule has 4 N–H and O–H groups in total. The quantitative estimate of drug-likeness (QED) is 0.234. The molecule has 8 nitrogen and oxygen atoms in total. The summed E-state index contributed by atoms with van der Waals surface area (Å²) in [4.78, 5) is 29.6. The van der Waals surface area contributed by atoms with Crippen LogP contribution in [0.4, 0.5) is 17.6 Å². The maximum absolute atomic E-state index is 14.9. The van der Waals surface area contributed by atoms with E-state index in [-0.39, 0.29) is 45.8 Å². The fourth-order valence-corrected chi connectivity index (χ4v) is 4.60. The number of hydrogen-bond acceptors (Lipinski definition) is 6.